The van der Waals surface area contributed by atoms with Gasteiger partial charge in [0.15, 0.2) is 11.6 Å². The van der Waals surface area contributed by atoms with Gasteiger partial charge in [-0.15, -0.1) is 0 Å². The first kappa shape index (κ1) is 34.0. The Bertz CT molecular complexity index is 3810. The van der Waals surface area contributed by atoms with Gasteiger partial charge in [0.2, 0.25) is 5.95 Å². The second-order valence-electron chi connectivity index (χ2n) is 16.8. The van der Waals surface area contributed by atoms with Gasteiger partial charge < -0.3 is 4.42 Å². The standard InChI is InChI=1S/C56H36N4O/c1-56(2)46-20-9-7-16-41(46)45-31-36(25-28-47(45)56)40-18-11-19-44-51-39-15-6-5-13-34(39)26-29-48(51)60(52(40)44)55-58-53(37-23-22-33-12-3-4-14-35(33)30-37)57-54(59-55)38-24-27-43-42-17-8-10-21-49(42)61-50(43)32-38/h3-32H,1-2H3. The average Bonchev–Trinajstić information content (AvgIpc) is 3.94. The maximum absolute atomic E-state index is 6.39. The largest absolute Gasteiger partial charge is 0.456 e. The molecule has 0 unspecified atom stereocenters. The number of benzene rings is 9. The van der Waals surface area contributed by atoms with Crippen molar-refractivity contribution in [3.8, 4) is 51.0 Å². The Morgan fingerprint density at radius 1 is 0.426 bits per heavy atom. The minimum absolute atomic E-state index is 0.0872. The summed E-state index contributed by atoms with van der Waals surface area (Å²) in [6.07, 6.45) is 0. The number of nitrogens with zero attached hydrogens (tertiary/aromatic N) is 4. The molecule has 5 nitrogen and oxygen atoms in total. The van der Waals surface area contributed by atoms with Crippen molar-refractivity contribution in [2.24, 2.45) is 0 Å². The molecule has 0 fully saturated rings. The number of aromatic nitrogens is 4. The summed E-state index contributed by atoms with van der Waals surface area (Å²) in [4.78, 5) is 16.1. The molecule has 286 valence electrons. The fourth-order valence-corrected chi connectivity index (χ4v) is 10.1. The first-order valence-electron chi connectivity index (χ1n) is 20.8. The summed E-state index contributed by atoms with van der Waals surface area (Å²) in [5.74, 6) is 1.72. The number of hydrogen-bond acceptors (Lipinski definition) is 4. The molecule has 1 aliphatic carbocycles. The fourth-order valence-electron chi connectivity index (χ4n) is 10.1. The van der Waals surface area contributed by atoms with Crippen LogP contribution < -0.4 is 0 Å². The Labute approximate surface area is 351 Å². The summed E-state index contributed by atoms with van der Waals surface area (Å²) >= 11 is 0. The van der Waals surface area contributed by atoms with Crippen molar-refractivity contribution in [1.29, 1.82) is 0 Å². The van der Waals surface area contributed by atoms with Crippen LogP contribution in [0.2, 0.25) is 0 Å². The van der Waals surface area contributed by atoms with Crippen molar-refractivity contribution >= 4 is 65.3 Å². The van der Waals surface area contributed by atoms with Gasteiger partial charge in [0.1, 0.15) is 11.2 Å². The summed E-state index contributed by atoms with van der Waals surface area (Å²) < 4.78 is 8.66. The minimum Gasteiger partial charge on any atom is -0.456 e. The highest BCUT2D eigenvalue weighted by molar-refractivity contribution is 6.23. The van der Waals surface area contributed by atoms with Crippen molar-refractivity contribution < 1.29 is 4.42 Å². The van der Waals surface area contributed by atoms with Gasteiger partial charge in [-0.3, -0.25) is 4.57 Å². The van der Waals surface area contributed by atoms with Gasteiger partial charge in [-0.25, -0.2) is 4.98 Å². The molecule has 0 aliphatic heterocycles. The molecule has 0 amide bonds. The molecule has 0 saturated carbocycles. The molecule has 3 heterocycles. The predicted octanol–water partition coefficient (Wildman–Crippen LogP) is 14.5. The van der Waals surface area contributed by atoms with E-state index in [9.17, 15) is 0 Å². The Kier molecular flexibility index (Phi) is 7.00. The zero-order chi connectivity index (χ0) is 40.4. The smallest absolute Gasteiger partial charge is 0.238 e. The second-order valence-corrected chi connectivity index (χ2v) is 16.8. The van der Waals surface area contributed by atoms with E-state index in [0.29, 0.717) is 17.6 Å². The van der Waals surface area contributed by atoms with Gasteiger partial charge in [-0.05, 0) is 85.8 Å². The van der Waals surface area contributed by atoms with Crippen molar-refractivity contribution in [2.75, 3.05) is 0 Å². The lowest BCUT2D eigenvalue weighted by molar-refractivity contribution is 0.660. The third kappa shape index (κ3) is 4.98. The quantitative estimate of drug-likeness (QED) is 0.178. The summed E-state index contributed by atoms with van der Waals surface area (Å²) in [7, 11) is 0. The van der Waals surface area contributed by atoms with Crippen LogP contribution >= 0.6 is 0 Å². The summed E-state index contributed by atoms with van der Waals surface area (Å²) in [5, 5.41) is 9.11. The van der Waals surface area contributed by atoms with Crippen LogP contribution in [0.25, 0.3) is 116 Å². The third-order valence-electron chi connectivity index (χ3n) is 13.0. The molecule has 9 aromatic carbocycles. The number of fused-ring (bicyclic) bond motifs is 12. The lowest BCUT2D eigenvalue weighted by Crippen LogP contribution is -2.14. The van der Waals surface area contributed by atoms with Crippen molar-refractivity contribution in [3.63, 3.8) is 0 Å². The molecule has 0 bridgehead atoms. The Morgan fingerprint density at radius 2 is 1.07 bits per heavy atom. The molecule has 0 saturated heterocycles. The highest BCUT2D eigenvalue weighted by atomic mass is 16.3. The first-order chi connectivity index (χ1) is 30.0. The van der Waals surface area contributed by atoms with E-state index in [4.69, 9.17) is 19.4 Å². The topological polar surface area (TPSA) is 56.7 Å². The van der Waals surface area contributed by atoms with E-state index in [1.165, 1.54) is 38.4 Å². The van der Waals surface area contributed by atoms with Crippen molar-refractivity contribution in [3.05, 3.63) is 193 Å². The van der Waals surface area contributed by atoms with Gasteiger partial charge in [0.05, 0.1) is 11.0 Å². The first-order valence-corrected chi connectivity index (χ1v) is 20.8. The fraction of sp³-hybridized carbons (Fsp3) is 0.0536. The number of rotatable bonds is 4. The van der Waals surface area contributed by atoms with E-state index in [2.05, 4.69) is 182 Å². The molecule has 5 heteroatoms. The summed E-state index contributed by atoms with van der Waals surface area (Å²) in [6.45, 7) is 4.66. The Hall–Kier alpha value is -7.89. The molecule has 0 radical (unpaired) electrons. The molecule has 1 aliphatic rings. The molecular weight excluding hydrogens is 745 g/mol. The van der Waals surface area contributed by atoms with Gasteiger partial charge in [-0.2, -0.15) is 9.97 Å². The van der Waals surface area contributed by atoms with E-state index in [0.717, 1.165) is 71.4 Å². The molecule has 0 N–H and O–H groups in total. The van der Waals surface area contributed by atoms with Gasteiger partial charge in [-0.1, -0.05) is 159 Å². The minimum atomic E-state index is -0.0872. The zero-order valence-electron chi connectivity index (χ0n) is 33.5. The predicted molar refractivity (Wildman–Crippen MR) is 250 cm³/mol. The number of para-hydroxylation sites is 2. The van der Waals surface area contributed by atoms with Crippen molar-refractivity contribution in [2.45, 2.75) is 19.3 Å². The molecule has 12 aromatic rings. The lowest BCUT2D eigenvalue weighted by Gasteiger charge is -2.21. The molecule has 3 aromatic heterocycles. The van der Waals surface area contributed by atoms with Crippen LogP contribution in [0.4, 0.5) is 0 Å². The van der Waals surface area contributed by atoms with Crippen LogP contribution in [-0.2, 0) is 5.41 Å². The molecule has 0 atom stereocenters. The van der Waals surface area contributed by atoms with Crippen LogP contribution in [0.15, 0.2) is 186 Å². The Morgan fingerprint density at radius 3 is 1.95 bits per heavy atom. The van der Waals surface area contributed by atoms with Crippen LogP contribution in [-0.4, -0.2) is 19.5 Å². The SMILES string of the molecule is CC1(C)c2ccccc2-c2cc(-c3cccc4c5c6ccccc6ccc5n(-c5nc(-c6ccc7ccccc7c6)nc(-c6ccc7c(c6)oc6ccccc67)n5)c34)ccc21. The van der Waals surface area contributed by atoms with Crippen LogP contribution in [0.5, 0.6) is 0 Å². The van der Waals surface area contributed by atoms with Gasteiger partial charge in [0, 0.05) is 43.7 Å². The number of furan rings is 1. The van der Waals surface area contributed by atoms with E-state index in [1.807, 2.05) is 18.2 Å². The van der Waals surface area contributed by atoms with Crippen LogP contribution in [0.3, 0.4) is 0 Å². The zero-order valence-corrected chi connectivity index (χ0v) is 33.5. The average molecular weight is 781 g/mol. The summed E-state index contributed by atoms with van der Waals surface area (Å²) in [6, 6.07) is 64.9. The molecular formula is C56H36N4O. The maximum Gasteiger partial charge on any atom is 0.238 e. The third-order valence-corrected chi connectivity index (χ3v) is 13.0. The highest BCUT2D eigenvalue weighted by Gasteiger charge is 2.35. The van der Waals surface area contributed by atoms with Crippen LogP contribution in [0, 0.1) is 0 Å². The summed E-state index contributed by atoms with van der Waals surface area (Å²) in [5.41, 5.74) is 12.9. The van der Waals surface area contributed by atoms with E-state index >= 15 is 0 Å². The van der Waals surface area contributed by atoms with Gasteiger partial charge >= 0.3 is 0 Å². The highest BCUT2D eigenvalue weighted by Crippen LogP contribution is 2.50. The van der Waals surface area contributed by atoms with E-state index in [-0.39, 0.29) is 5.41 Å². The second kappa shape index (κ2) is 12.6. The number of hydrogen-bond donors (Lipinski definition) is 0. The van der Waals surface area contributed by atoms with Gasteiger partial charge in [0.25, 0.3) is 0 Å². The maximum atomic E-state index is 6.39. The van der Waals surface area contributed by atoms with Crippen molar-refractivity contribution in [1.82, 2.24) is 19.5 Å². The molecule has 61 heavy (non-hydrogen) atoms. The van der Waals surface area contributed by atoms with E-state index < -0.39 is 0 Å². The lowest BCUT2D eigenvalue weighted by atomic mass is 9.82. The van der Waals surface area contributed by atoms with E-state index in [1.54, 1.807) is 0 Å². The monoisotopic (exact) mass is 780 g/mol. The molecule has 0 spiro atoms. The molecule has 13 rings (SSSR count). The normalized spacial score (nSPS) is 13.2. The van der Waals surface area contributed by atoms with Crippen LogP contribution in [0.1, 0.15) is 25.0 Å². The Balaban J connectivity index is 1.12.